The molecule has 3 heterocycles. The summed E-state index contributed by atoms with van der Waals surface area (Å²) in [6.07, 6.45) is 5.27. The molecule has 8 heteroatoms. The lowest BCUT2D eigenvalue weighted by Gasteiger charge is -2.35. The average molecular weight is 391 g/mol. The molecule has 1 N–H and O–H groups in total. The Hall–Kier alpha value is -3.47. The van der Waals surface area contributed by atoms with Crippen LogP contribution >= 0.6 is 0 Å². The number of aryl methyl sites for hydroxylation is 2. The van der Waals surface area contributed by atoms with Gasteiger partial charge in [0, 0.05) is 24.8 Å². The highest BCUT2D eigenvalue weighted by atomic mass is 19.1. The first-order valence-electron chi connectivity index (χ1n) is 9.60. The van der Waals surface area contributed by atoms with E-state index >= 15 is 0 Å². The summed E-state index contributed by atoms with van der Waals surface area (Å²) in [5, 5.41) is 16.8. The Labute approximate surface area is 168 Å². The molecule has 7 nitrogen and oxygen atoms in total. The number of nitrogens with one attached hydrogen (secondary N) is 1. The van der Waals surface area contributed by atoms with Crippen LogP contribution in [-0.2, 0) is 0 Å². The van der Waals surface area contributed by atoms with Gasteiger partial charge in [-0.15, -0.1) is 0 Å². The Morgan fingerprint density at radius 3 is 2.83 bits per heavy atom. The molecule has 1 unspecified atom stereocenters. The maximum atomic E-state index is 14.4. The molecule has 148 valence electrons. The largest absolute Gasteiger partial charge is 0.367 e. The number of hydrogen-bond donors (Lipinski definition) is 1. The number of piperidine rings is 1. The molecule has 1 atom stereocenters. The molecule has 4 rings (SSSR count). The molecule has 0 bridgehead atoms. The molecule has 2 aromatic heterocycles. The fourth-order valence-corrected chi connectivity index (χ4v) is 3.74. The van der Waals surface area contributed by atoms with E-state index in [2.05, 4.69) is 20.4 Å². The van der Waals surface area contributed by atoms with E-state index in [0.717, 1.165) is 30.8 Å². The molecule has 1 fully saturated rings. The van der Waals surface area contributed by atoms with E-state index in [-0.39, 0.29) is 11.9 Å². The van der Waals surface area contributed by atoms with E-state index in [1.165, 1.54) is 6.07 Å². The van der Waals surface area contributed by atoms with Crippen molar-refractivity contribution in [1.82, 2.24) is 19.7 Å². The molecular formula is C21H22FN7. The summed E-state index contributed by atoms with van der Waals surface area (Å²) in [7, 11) is 0. The molecule has 1 aromatic carbocycles. The van der Waals surface area contributed by atoms with Crippen molar-refractivity contribution < 1.29 is 4.39 Å². The number of anilines is 2. The Balaban J connectivity index is 1.50. The van der Waals surface area contributed by atoms with Gasteiger partial charge >= 0.3 is 0 Å². The van der Waals surface area contributed by atoms with E-state index in [0.29, 0.717) is 29.4 Å². The Kier molecular flexibility index (Phi) is 5.12. The first-order valence-corrected chi connectivity index (χ1v) is 9.60. The number of halogens is 1. The molecule has 0 amide bonds. The molecule has 1 aliphatic heterocycles. The average Bonchev–Trinajstić information content (AvgIpc) is 3.06. The summed E-state index contributed by atoms with van der Waals surface area (Å²) in [5.74, 6) is 0.963. The summed E-state index contributed by atoms with van der Waals surface area (Å²) in [5.41, 5.74) is 2.77. The summed E-state index contributed by atoms with van der Waals surface area (Å²) < 4.78 is 16.2. The van der Waals surface area contributed by atoms with E-state index in [9.17, 15) is 4.39 Å². The predicted octanol–water partition coefficient (Wildman–Crippen LogP) is 3.37. The minimum atomic E-state index is -0.365. The van der Waals surface area contributed by atoms with Crippen molar-refractivity contribution in [2.45, 2.75) is 32.7 Å². The third-order valence-electron chi connectivity index (χ3n) is 5.04. The zero-order valence-corrected chi connectivity index (χ0v) is 16.4. The third kappa shape index (κ3) is 4.04. The van der Waals surface area contributed by atoms with Crippen LogP contribution in [0, 0.1) is 31.0 Å². The zero-order chi connectivity index (χ0) is 20.4. The molecule has 1 saturated heterocycles. The van der Waals surface area contributed by atoms with Gasteiger partial charge in [0.25, 0.3) is 0 Å². The van der Waals surface area contributed by atoms with E-state index in [1.807, 2.05) is 30.9 Å². The highest BCUT2D eigenvalue weighted by Crippen LogP contribution is 2.25. The maximum Gasteiger partial charge on any atom is 0.174 e. The number of benzene rings is 1. The zero-order valence-electron chi connectivity index (χ0n) is 16.4. The lowest BCUT2D eigenvalue weighted by atomic mass is 10.0. The van der Waals surface area contributed by atoms with Crippen LogP contribution in [0.2, 0.25) is 0 Å². The monoisotopic (exact) mass is 391 g/mol. The van der Waals surface area contributed by atoms with E-state index in [1.54, 1.807) is 29.2 Å². The second-order valence-electron chi connectivity index (χ2n) is 7.31. The molecule has 0 radical (unpaired) electrons. The third-order valence-corrected chi connectivity index (χ3v) is 5.04. The molecule has 0 spiro atoms. The predicted molar refractivity (Wildman–Crippen MR) is 109 cm³/mol. The van der Waals surface area contributed by atoms with Crippen molar-refractivity contribution in [3.05, 3.63) is 59.4 Å². The van der Waals surface area contributed by atoms with Crippen molar-refractivity contribution in [2.75, 3.05) is 23.3 Å². The Bertz CT molecular complexity index is 1070. The molecule has 29 heavy (non-hydrogen) atoms. The van der Waals surface area contributed by atoms with Gasteiger partial charge < -0.3 is 10.2 Å². The van der Waals surface area contributed by atoms with Gasteiger partial charge in [0.15, 0.2) is 5.82 Å². The van der Waals surface area contributed by atoms with Gasteiger partial charge in [-0.2, -0.15) is 10.4 Å². The van der Waals surface area contributed by atoms with Crippen molar-refractivity contribution >= 4 is 11.5 Å². The normalized spacial score (nSPS) is 16.5. The van der Waals surface area contributed by atoms with Gasteiger partial charge in [-0.3, -0.25) is 4.98 Å². The Morgan fingerprint density at radius 1 is 1.24 bits per heavy atom. The van der Waals surface area contributed by atoms with Gasteiger partial charge in [0.1, 0.15) is 11.6 Å². The fraction of sp³-hybridized carbons (Fsp3) is 0.333. The second-order valence-corrected chi connectivity index (χ2v) is 7.31. The molecular weight excluding hydrogens is 369 g/mol. The summed E-state index contributed by atoms with van der Waals surface area (Å²) >= 11 is 0. The van der Waals surface area contributed by atoms with Gasteiger partial charge in [0.05, 0.1) is 35.4 Å². The minimum Gasteiger partial charge on any atom is -0.367 e. The highest BCUT2D eigenvalue weighted by Gasteiger charge is 2.23. The van der Waals surface area contributed by atoms with Crippen LogP contribution in [0.1, 0.15) is 29.8 Å². The SMILES string of the molecule is Cc1cc(C)n(-c2cncc(NC3CCCN(c4ccc(C#N)cc4F)C3)n2)n1. The van der Waals surface area contributed by atoms with Crippen LogP contribution in [-0.4, -0.2) is 38.9 Å². The smallest absolute Gasteiger partial charge is 0.174 e. The first kappa shape index (κ1) is 18.9. The fourth-order valence-electron chi connectivity index (χ4n) is 3.74. The first-order chi connectivity index (χ1) is 14.0. The molecule has 3 aromatic rings. The second kappa shape index (κ2) is 7.87. The van der Waals surface area contributed by atoms with Crippen LogP contribution in [0.5, 0.6) is 0 Å². The van der Waals surface area contributed by atoms with Gasteiger partial charge in [-0.05, 0) is 51.0 Å². The summed E-state index contributed by atoms with van der Waals surface area (Å²) in [6, 6.07) is 8.70. The number of aromatic nitrogens is 4. The minimum absolute atomic E-state index is 0.115. The highest BCUT2D eigenvalue weighted by molar-refractivity contribution is 5.52. The number of rotatable bonds is 4. The van der Waals surface area contributed by atoms with Crippen molar-refractivity contribution in [3.63, 3.8) is 0 Å². The van der Waals surface area contributed by atoms with Crippen molar-refractivity contribution in [1.29, 1.82) is 5.26 Å². The lowest BCUT2D eigenvalue weighted by Crippen LogP contribution is -2.42. The molecule has 0 aliphatic carbocycles. The van der Waals surface area contributed by atoms with Gasteiger partial charge in [0.2, 0.25) is 0 Å². The van der Waals surface area contributed by atoms with Crippen LogP contribution in [0.4, 0.5) is 15.9 Å². The van der Waals surface area contributed by atoms with Crippen LogP contribution < -0.4 is 10.2 Å². The van der Waals surface area contributed by atoms with E-state index in [4.69, 9.17) is 5.26 Å². The maximum absolute atomic E-state index is 14.4. The van der Waals surface area contributed by atoms with Gasteiger partial charge in [-0.1, -0.05) is 0 Å². The standard InChI is InChI=1S/C21H22FN7/c1-14-8-15(2)29(27-14)21-12-24-11-20(26-21)25-17-4-3-7-28(13-17)19-6-5-16(10-23)9-18(19)22/h5-6,8-9,11-12,17H,3-4,7,13H2,1-2H3,(H,25,26). The summed E-state index contributed by atoms with van der Waals surface area (Å²) in [4.78, 5) is 11.0. The van der Waals surface area contributed by atoms with Gasteiger partial charge in [-0.25, -0.2) is 14.1 Å². The van der Waals surface area contributed by atoms with Crippen molar-refractivity contribution in [3.8, 4) is 11.9 Å². The number of nitriles is 1. The van der Waals surface area contributed by atoms with Crippen molar-refractivity contribution in [2.24, 2.45) is 0 Å². The number of nitrogens with zero attached hydrogens (tertiary/aromatic N) is 6. The quantitative estimate of drug-likeness (QED) is 0.734. The van der Waals surface area contributed by atoms with Crippen LogP contribution in [0.15, 0.2) is 36.7 Å². The van der Waals surface area contributed by atoms with Crippen LogP contribution in [0.25, 0.3) is 5.82 Å². The topological polar surface area (TPSA) is 82.7 Å². The molecule has 1 aliphatic rings. The lowest BCUT2D eigenvalue weighted by molar-refractivity contribution is 0.518. The molecule has 0 saturated carbocycles. The number of hydrogen-bond acceptors (Lipinski definition) is 6. The summed E-state index contributed by atoms with van der Waals surface area (Å²) in [6.45, 7) is 5.35. The van der Waals surface area contributed by atoms with Crippen LogP contribution in [0.3, 0.4) is 0 Å². The van der Waals surface area contributed by atoms with E-state index < -0.39 is 0 Å². The Morgan fingerprint density at radius 2 is 2.10 bits per heavy atom.